The van der Waals surface area contributed by atoms with Gasteiger partial charge in [-0.1, -0.05) is 22.0 Å². The molecule has 0 saturated carbocycles. The quantitative estimate of drug-likeness (QED) is 0.867. The molecule has 1 aliphatic rings. The first-order valence-electron chi connectivity index (χ1n) is 6.67. The molecule has 3 rings (SSSR count). The monoisotopic (exact) mass is 349 g/mol. The summed E-state index contributed by atoms with van der Waals surface area (Å²) in [5.74, 6) is 1.34. The SMILES string of the molecule is COc1ccc(C2C[C@H](N)c3cc(Br)ccc3O2)cc1O. The molecule has 1 unspecified atom stereocenters. The lowest BCUT2D eigenvalue weighted by Crippen LogP contribution is -2.24. The Kier molecular flexibility index (Phi) is 3.78. The maximum Gasteiger partial charge on any atom is 0.160 e. The number of phenolic OH excluding ortho intramolecular Hbond substituents is 1. The fraction of sp³-hybridized carbons (Fsp3) is 0.250. The molecule has 2 aromatic rings. The van der Waals surface area contributed by atoms with Gasteiger partial charge in [-0.2, -0.15) is 0 Å². The molecule has 1 aliphatic heterocycles. The van der Waals surface area contributed by atoms with Crippen LogP contribution in [-0.4, -0.2) is 12.2 Å². The van der Waals surface area contributed by atoms with E-state index < -0.39 is 0 Å². The van der Waals surface area contributed by atoms with Crippen LogP contribution in [-0.2, 0) is 0 Å². The number of ether oxygens (including phenoxy) is 2. The molecule has 0 spiro atoms. The molecule has 0 saturated heterocycles. The molecule has 110 valence electrons. The van der Waals surface area contributed by atoms with Gasteiger partial charge in [-0.15, -0.1) is 0 Å². The number of hydrogen-bond donors (Lipinski definition) is 2. The summed E-state index contributed by atoms with van der Waals surface area (Å²) >= 11 is 3.45. The number of rotatable bonds is 2. The van der Waals surface area contributed by atoms with Crippen LogP contribution in [0, 0.1) is 0 Å². The lowest BCUT2D eigenvalue weighted by Gasteiger charge is -2.30. The molecule has 1 heterocycles. The van der Waals surface area contributed by atoms with Crippen molar-refractivity contribution in [2.24, 2.45) is 5.73 Å². The molecule has 0 fully saturated rings. The minimum Gasteiger partial charge on any atom is -0.504 e. The summed E-state index contributed by atoms with van der Waals surface area (Å²) in [6.45, 7) is 0. The predicted octanol–water partition coefficient (Wildman–Crippen LogP) is 3.69. The van der Waals surface area contributed by atoms with Gasteiger partial charge in [-0.25, -0.2) is 0 Å². The molecule has 21 heavy (non-hydrogen) atoms. The fourth-order valence-electron chi connectivity index (χ4n) is 2.59. The van der Waals surface area contributed by atoms with Crippen molar-refractivity contribution in [3.05, 3.63) is 52.0 Å². The van der Waals surface area contributed by atoms with Crippen molar-refractivity contribution < 1.29 is 14.6 Å². The minimum atomic E-state index is -0.175. The summed E-state index contributed by atoms with van der Waals surface area (Å²) in [5.41, 5.74) is 8.13. The number of nitrogens with two attached hydrogens (primary N) is 1. The van der Waals surface area contributed by atoms with Gasteiger partial charge < -0.3 is 20.3 Å². The summed E-state index contributed by atoms with van der Waals surface area (Å²) in [4.78, 5) is 0. The van der Waals surface area contributed by atoms with E-state index in [9.17, 15) is 5.11 Å². The van der Waals surface area contributed by atoms with Crippen molar-refractivity contribution in [1.29, 1.82) is 0 Å². The van der Waals surface area contributed by atoms with E-state index >= 15 is 0 Å². The van der Waals surface area contributed by atoms with Gasteiger partial charge in [0.2, 0.25) is 0 Å². The van der Waals surface area contributed by atoms with Crippen molar-refractivity contribution in [1.82, 2.24) is 0 Å². The second-order valence-electron chi connectivity index (χ2n) is 5.06. The fourth-order valence-corrected chi connectivity index (χ4v) is 2.97. The number of fused-ring (bicyclic) bond motifs is 1. The maximum absolute atomic E-state index is 9.90. The number of methoxy groups -OCH3 is 1. The van der Waals surface area contributed by atoms with Gasteiger partial charge in [-0.05, 0) is 35.9 Å². The summed E-state index contributed by atoms with van der Waals surface area (Å²) in [6.07, 6.45) is 0.486. The molecular weight excluding hydrogens is 334 g/mol. The lowest BCUT2D eigenvalue weighted by molar-refractivity contribution is 0.161. The van der Waals surface area contributed by atoms with Gasteiger partial charge in [0.25, 0.3) is 0 Å². The molecule has 2 atom stereocenters. The molecular formula is C16H16BrNO3. The zero-order chi connectivity index (χ0) is 15.0. The highest BCUT2D eigenvalue weighted by Crippen LogP contribution is 2.42. The van der Waals surface area contributed by atoms with Crippen LogP contribution in [0.25, 0.3) is 0 Å². The molecule has 0 amide bonds. The third kappa shape index (κ3) is 2.71. The Balaban J connectivity index is 1.92. The molecule has 0 aromatic heterocycles. The van der Waals surface area contributed by atoms with Gasteiger partial charge in [0.1, 0.15) is 11.9 Å². The minimum absolute atomic E-state index is 0.0968. The van der Waals surface area contributed by atoms with Crippen molar-refractivity contribution in [2.75, 3.05) is 7.11 Å². The Morgan fingerprint density at radius 2 is 2.10 bits per heavy atom. The Labute approximate surface area is 131 Å². The number of halogens is 1. The van der Waals surface area contributed by atoms with E-state index in [2.05, 4.69) is 15.9 Å². The standard InChI is InChI=1S/C16H16BrNO3/c1-20-15-4-2-9(6-13(15)19)16-8-12(18)11-7-10(17)3-5-14(11)21-16/h2-7,12,16,19H,8,18H2,1H3/t12-,16?/m0/s1. The van der Waals surface area contributed by atoms with Gasteiger partial charge in [0.05, 0.1) is 7.11 Å². The van der Waals surface area contributed by atoms with E-state index in [1.54, 1.807) is 12.1 Å². The van der Waals surface area contributed by atoms with Crippen LogP contribution in [0.4, 0.5) is 0 Å². The van der Waals surface area contributed by atoms with E-state index in [1.165, 1.54) is 7.11 Å². The number of aromatic hydroxyl groups is 1. The van der Waals surface area contributed by atoms with Gasteiger partial charge >= 0.3 is 0 Å². The number of benzene rings is 2. The van der Waals surface area contributed by atoms with Crippen LogP contribution < -0.4 is 15.2 Å². The van der Waals surface area contributed by atoms with Crippen LogP contribution in [0.5, 0.6) is 17.2 Å². The third-order valence-corrected chi connectivity index (χ3v) is 4.18. The largest absolute Gasteiger partial charge is 0.504 e. The Morgan fingerprint density at radius 3 is 2.81 bits per heavy atom. The molecule has 5 heteroatoms. The van der Waals surface area contributed by atoms with Crippen molar-refractivity contribution in [3.63, 3.8) is 0 Å². The highest BCUT2D eigenvalue weighted by atomic mass is 79.9. The molecule has 3 N–H and O–H groups in total. The maximum atomic E-state index is 9.90. The first-order chi connectivity index (χ1) is 10.1. The van der Waals surface area contributed by atoms with Gasteiger partial charge in [-0.3, -0.25) is 0 Å². The van der Waals surface area contributed by atoms with Crippen molar-refractivity contribution >= 4 is 15.9 Å². The first-order valence-corrected chi connectivity index (χ1v) is 7.46. The summed E-state index contributed by atoms with van der Waals surface area (Å²) in [6, 6.07) is 11.0. The Bertz CT molecular complexity index is 675. The number of hydrogen-bond acceptors (Lipinski definition) is 4. The summed E-state index contributed by atoms with van der Waals surface area (Å²) < 4.78 is 12.1. The van der Waals surface area contributed by atoms with Crippen LogP contribution in [0.3, 0.4) is 0 Å². The lowest BCUT2D eigenvalue weighted by atomic mass is 9.93. The topological polar surface area (TPSA) is 64.7 Å². The second-order valence-corrected chi connectivity index (χ2v) is 5.98. The van der Waals surface area contributed by atoms with Crippen molar-refractivity contribution in [2.45, 2.75) is 18.6 Å². The van der Waals surface area contributed by atoms with E-state index in [1.807, 2.05) is 24.3 Å². The third-order valence-electron chi connectivity index (χ3n) is 3.68. The molecule has 4 nitrogen and oxygen atoms in total. The second kappa shape index (κ2) is 5.58. The van der Waals surface area contributed by atoms with E-state index in [4.69, 9.17) is 15.2 Å². The normalized spacial score (nSPS) is 20.5. The first kappa shape index (κ1) is 14.2. The Morgan fingerprint density at radius 1 is 1.29 bits per heavy atom. The smallest absolute Gasteiger partial charge is 0.160 e. The highest BCUT2D eigenvalue weighted by Gasteiger charge is 2.27. The van der Waals surface area contributed by atoms with E-state index in [0.29, 0.717) is 12.2 Å². The van der Waals surface area contributed by atoms with Crippen LogP contribution in [0.2, 0.25) is 0 Å². The highest BCUT2D eigenvalue weighted by molar-refractivity contribution is 9.10. The van der Waals surface area contributed by atoms with E-state index in [0.717, 1.165) is 21.3 Å². The zero-order valence-corrected chi connectivity index (χ0v) is 13.1. The van der Waals surface area contributed by atoms with E-state index in [-0.39, 0.29) is 17.9 Å². The molecule has 0 aliphatic carbocycles. The average Bonchev–Trinajstić information content (AvgIpc) is 2.47. The molecule has 2 aromatic carbocycles. The molecule has 0 radical (unpaired) electrons. The zero-order valence-electron chi connectivity index (χ0n) is 11.5. The summed E-state index contributed by atoms with van der Waals surface area (Å²) in [5, 5.41) is 9.90. The van der Waals surface area contributed by atoms with Crippen LogP contribution in [0.15, 0.2) is 40.9 Å². The summed E-state index contributed by atoms with van der Waals surface area (Å²) in [7, 11) is 1.52. The average molecular weight is 350 g/mol. The number of phenols is 1. The van der Waals surface area contributed by atoms with Crippen molar-refractivity contribution in [3.8, 4) is 17.2 Å². The molecule has 0 bridgehead atoms. The Hall–Kier alpha value is -1.72. The predicted molar refractivity (Wildman–Crippen MR) is 83.7 cm³/mol. The van der Waals surface area contributed by atoms with Crippen LogP contribution >= 0.6 is 15.9 Å². The van der Waals surface area contributed by atoms with Gasteiger partial charge in [0.15, 0.2) is 11.5 Å². The van der Waals surface area contributed by atoms with Crippen LogP contribution in [0.1, 0.15) is 29.7 Å². The van der Waals surface area contributed by atoms with Gasteiger partial charge in [0, 0.05) is 22.5 Å².